The van der Waals surface area contributed by atoms with Crippen LogP contribution in [0, 0.1) is 5.92 Å². The third kappa shape index (κ3) is 2.48. The molecule has 0 bridgehead atoms. The number of hydrogen-bond acceptors (Lipinski definition) is 2. The number of nitrogens with one attached hydrogen (secondary N) is 1. The van der Waals surface area contributed by atoms with E-state index in [2.05, 4.69) is 5.32 Å². The first kappa shape index (κ1) is 8.94. The molecule has 0 heterocycles. The van der Waals surface area contributed by atoms with Crippen molar-refractivity contribution in [2.75, 3.05) is 0 Å². The summed E-state index contributed by atoms with van der Waals surface area (Å²) in [5.41, 5.74) is 0. The molecule has 2 unspecified atom stereocenters. The Kier molecular flexibility index (Phi) is 3.46. The van der Waals surface area contributed by atoms with Gasteiger partial charge in [-0.3, -0.25) is 9.59 Å². The van der Waals surface area contributed by atoms with E-state index in [9.17, 15) is 9.59 Å². The van der Waals surface area contributed by atoms with Gasteiger partial charge in [0.05, 0.1) is 5.92 Å². The first-order valence-electron chi connectivity index (χ1n) is 3.02. The molecule has 4 heteroatoms. The van der Waals surface area contributed by atoms with Crippen molar-refractivity contribution >= 4 is 12.4 Å². The van der Waals surface area contributed by atoms with Gasteiger partial charge in [0, 0.05) is 6.04 Å². The molecule has 0 aromatic heterocycles. The van der Waals surface area contributed by atoms with Crippen LogP contribution in [0.1, 0.15) is 13.8 Å². The highest BCUT2D eigenvalue weighted by Gasteiger charge is 2.17. The maximum absolute atomic E-state index is 10.3. The van der Waals surface area contributed by atoms with Crippen LogP contribution in [0.5, 0.6) is 0 Å². The molecule has 0 saturated carbocycles. The topological polar surface area (TPSA) is 66.4 Å². The molecule has 4 nitrogen and oxygen atoms in total. The quantitative estimate of drug-likeness (QED) is 0.540. The van der Waals surface area contributed by atoms with Gasteiger partial charge in [0.1, 0.15) is 0 Å². The molecule has 0 saturated heterocycles. The van der Waals surface area contributed by atoms with E-state index in [1.807, 2.05) is 0 Å². The molecule has 0 aliphatic rings. The van der Waals surface area contributed by atoms with Crippen LogP contribution < -0.4 is 5.32 Å². The van der Waals surface area contributed by atoms with E-state index in [-0.39, 0.29) is 6.04 Å². The number of amides is 1. The monoisotopic (exact) mass is 145 g/mol. The van der Waals surface area contributed by atoms with Crippen molar-refractivity contribution in [2.24, 2.45) is 5.92 Å². The molecule has 0 aromatic carbocycles. The molecule has 0 radical (unpaired) electrons. The maximum Gasteiger partial charge on any atom is 0.308 e. The molecule has 0 rings (SSSR count). The lowest BCUT2D eigenvalue weighted by Gasteiger charge is -2.13. The first-order valence-corrected chi connectivity index (χ1v) is 3.02. The summed E-state index contributed by atoms with van der Waals surface area (Å²) in [6.45, 7) is 3.19. The third-order valence-corrected chi connectivity index (χ3v) is 1.47. The molecule has 0 fully saturated rings. The van der Waals surface area contributed by atoms with Crippen molar-refractivity contribution in [3.63, 3.8) is 0 Å². The van der Waals surface area contributed by atoms with Crippen LogP contribution in [0.2, 0.25) is 0 Å². The summed E-state index contributed by atoms with van der Waals surface area (Å²) in [6.07, 6.45) is 0.504. The fourth-order valence-corrected chi connectivity index (χ4v) is 0.466. The van der Waals surface area contributed by atoms with Crippen molar-refractivity contribution in [3.8, 4) is 0 Å². The number of rotatable bonds is 4. The molecule has 0 aliphatic carbocycles. The van der Waals surface area contributed by atoms with Crippen molar-refractivity contribution in [1.82, 2.24) is 5.32 Å². The highest BCUT2D eigenvalue weighted by Crippen LogP contribution is 2.00. The smallest absolute Gasteiger partial charge is 0.308 e. The Morgan fingerprint density at radius 1 is 1.60 bits per heavy atom. The molecule has 2 N–H and O–H groups in total. The summed E-state index contributed by atoms with van der Waals surface area (Å²) in [5, 5.41) is 10.8. The van der Waals surface area contributed by atoms with Crippen LogP contribution in [0.25, 0.3) is 0 Å². The predicted octanol–water partition coefficient (Wildman–Crippen LogP) is -0.158. The highest BCUT2D eigenvalue weighted by atomic mass is 16.4. The number of carboxylic acid groups (broad SMARTS) is 1. The van der Waals surface area contributed by atoms with Crippen LogP contribution in [0.15, 0.2) is 0 Å². The predicted molar refractivity (Wildman–Crippen MR) is 35.5 cm³/mol. The molecular formula is C6H11NO3. The summed E-state index contributed by atoms with van der Waals surface area (Å²) in [4.78, 5) is 20.1. The van der Waals surface area contributed by atoms with Gasteiger partial charge in [-0.25, -0.2) is 0 Å². The Bertz CT molecular complexity index is 135. The lowest BCUT2D eigenvalue weighted by Crippen LogP contribution is -2.35. The maximum atomic E-state index is 10.3. The van der Waals surface area contributed by atoms with Gasteiger partial charge in [0.15, 0.2) is 0 Å². The Morgan fingerprint density at radius 3 is 2.40 bits per heavy atom. The fourth-order valence-electron chi connectivity index (χ4n) is 0.466. The van der Waals surface area contributed by atoms with Crippen LogP contribution >= 0.6 is 0 Å². The summed E-state index contributed by atoms with van der Waals surface area (Å²) < 4.78 is 0. The van der Waals surface area contributed by atoms with Gasteiger partial charge in [-0.15, -0.1) is 0 Å². The Labute approximate surface area is 59.2 Å². The highest BCUT2D eigenvalue weighted by molar-refractivity contribution is 5.70. The van der Waals surface area contributed by atoms with Gasteiger partial charge in [0.25, 0.3) is 0 Å². The van der Waals surface area contributed by atoms with E-state index in [1.54, 1.807) is 13.8 Å². The molecular weight excluding hydrogens is 134 g/mol. The molecule has 1 amide bonds. The van der Waals surface area contributed by atoms with Gasteiger partial charge >= 0.3 is 5.97 Å². The number of hydrogen-bond donors (Lipinski definition) is 2. The minimum atomic E-state index is -0.901. The number of carbonyl (C=O) groups excluding carboxylic acids is 1. The second-order valence-corrected chi connectivity index (χ2v) is 2.20. The van der Waals surface area contributed by atoms with E-state index in [4.69, 9.17) is 5.11 Å². The summed E-state index contributed by atoms with van der Waals surface area (Å²) in [5.74, 6) is -1.44. The van der Waals surface area contributed by atoms with Crippen molar-refractivity contribution in [2.45, 2.75) is 19.9 Å². The average Bonchev–Trinajstić information content (AvgIpc) is 1.87. The Morgan fingerprint density at radius 2 is 2.10 bits per heavy atom. The molecule has 0 aliphatic heterocycles. The third-order valence-electron chi connectivity index (χ3n) is 1.47. The molecule has 0 aromatic rings. The first-order chi connectivity index (χ1) is 4.59. The minimum absolute atomic E-state index is 0.310. The van der Waals surface area contributed by atoms with Crippen LogP contribution in [0.4, 0.5) is 0 Å². The van der Waals surface area contributed by atoms with E-state index in [0.717, 1.165) is 0 Å². The van der Waals surface area contributed by atoms with E-state index in [0.29, 0.717) is 6.41 Å². The van der Waals surface area contributed by atoms with Gasteiger partial charge in [-0.1, -0.05) is 0 Å². The second kappa shape index (κ2) is 3.87. The van der Waals surface area contributed by atoms with Crippen LogP contribution in [-0.4, -0.2) is 23.5 Å². The van der Waals surface area contributed by atoms with E-state index < -0.39 is 11.9 Å². The number of aliphatic carboxylic acids is 1. The second-order valence-electron chi connectivity index (χ2n) is 2.20. The van der Waals surface area contributed by atoms with Crippen molar-refractivity contribution < 1.29 is 14.7 Å². The zero-order valence-corrected chi connectivity index (χ0v) is 6.00. The van der Waals surface area contributed by atoms with Crippen LogP contribution in [0.3, 0.4) is 0 Å². The van der Waals surface area contributed by atoms with Crippen molar-refractivity contribution in [1.29, 1.82) is 0 Å². The van der Waals surface area contributed by atoms with Gasteiger partial charge in [0.2, 0.25) is 6.41 Å². The van der Waals surface area contributed by atoms with Crippen LogP contribution in [-0.2, 0) is 9.59 Å². The van der Waals surface area contributed by atoms with Gasteiger partial charge in [-0.2, -0.15) is 0 Å². The van der Waals surface area contributed by atoms with Gasteiger partial charge < -0.3 is 10.4 Å². The largest absolute Gasteiger partial charge is 0.481 e. The van der Waals surface area contributed by atoms with E-state index in [1.165, 1.54) is 0 Å². The molecule has 2 atom stereocenters. The van der Waals surface area contributed by atoms with E-state index >= 15 is 0 Å². The number of carbonyl (C=O) groups is 2. The number of carboxylic acids is 1. The van der Waals surface area contributed by atoms with Crippen molar-refractivity contribution in [3.05, 3.63) is 0 Å². The standard InChI is InChI=1S/C6H11NO3/c1-4(6(9)10)5(2)7-3-8/h3-5H,1-2H3,(H,7,8)(H,9,10). The summed E-state index contributed by atoms with van der Waals surface area (Å²) >= 11 is 0. The zero-order chi connectivity index (χ0) is 8.15. The lowest BCUT2D eigenvalue weighted by molar-refractivity contribution is -0.141. The fraction of sp³-hybridized carbons (Fsp3) is 0.667. The summed E-state index contributed by atoms with van der Waals surface area (Å²) in [7, 11) is 0. The lowest BCUT2D eigenvalue weighted by atomic mass is 10.1. The molecule has 0 spiro atoms. The summed E-state index contributed by atoms with van der Waals surface area (Å²) in [6, 6.07) is -0.310. The Balaban J connectivity index is 3.80. The average molecular weight is 145 g/mol. The SMILES string of the molecule is CC(NC=O)C(C)C(=O)O. The Hall–Kier alpha value is -1.06. The molecule has 58 valence electrons. The minimum Gasteiger partial charge on any atom is -0.481 e. The molecule has 10 heavy (non-hydrogen) atoms. The van der Waals surface area contributed by atoms with Gasteiger partial charge in [-0.05, 0) is 13.8 Å². The normalized spacial score (nSPS) is 15.4. The zero-order valence-electron chi connectivity index (χ0n) is 6.00.